The predicted octanol–water partition coefficient (Wildman–Crippen LogP) is 5.51. The molecule has 3 aromatic heterocycles. The first-order chi connectivity index (χ1) is 17.9. The van der Waals surface area contributed by atoms with Gasteiger partial charge in [0.1, 0.15) is 18.0 Å². The summed E-state index contributed by atoms with van der Waals surface area (Å²) in [4.78, 5) is 9.59. The summed E-state index contributed by atoms with van der Waals surface area (Å²) in [6.45, 7) is 5.12. The van der Waals surface area contributed by atoms with Gasteiger partial charge in [0.2, 0.25) is 11.5 Å². The molecule has 0 saturated carbocycles. The average molecular weight is 514 g/mol. The standard InChI is InChI=1S/C22H23N7O.C4H7F3/c1-27-12-13-30-20-18(27)14-23-29-21(25-26-22(20)29)16-9-8-15-6-5-7-17(19(15)24-16)28-10-3-2-4-11-28;1-2-3-4(5,6)7/h5-9,14H,2-4,10-13H2,1H3;2-3H2,1H3. The number of alkyl halides is 3. The second-order valence-corrected chi connectivity index (χ2v) is 9.35. The Hall–Kier alpha value is -3.63. The zero-order chi connectivity index (χ0) is 26.0. The molecule has 0 spiro atoms. The molecule has 0 amide bonds. The maximum atomic E-state index is 11.1. The number of likely N-dealkylation sites (N-methyl/N-ethyl adjacent to an activating group) is 1. The Morgan fingerprint density at radius 1 is 0.973 bits per heavy atom. The van der Waals surface area contributed by atoms with Crippen LogP contribution in [0.5, 0.6) is 5.75 Å². The van der Waals surface area contributed by atoms with Crippen LogP contribution in [0.25, 0.3) is 28.1 Å². The van der Waals surface area contributed by atoms with Crippen molar-refractivity contribution in [1.82, 2.24) is 24.8 Å². The molecule has 2 aliphatic rings. The SMILES string of the molecule is CCCC(F)(F)F.CN1CCOc2c1cnn1c(-c3ccc4cccc(N5CCCCC5)c4n3)nnc21. The van der Waals surface area contributed by atoms with E-state index in [9.17, 15) is 13.2 Å². The Balaban J connectivity index is 0.000000355. The lowest BCUT2D eigenvalue weighted by Crippen LogP contribution is -2.29. The summed E-state index contributed by atoms with van der Waals surface area (Å²) < 4.78 is 40.8. The number of fused-ring (bicyclic) bond motifs is 4. The number of piperidine rings is 1. The monoisotopic (exact) mass is 513 g/mol. The number of hydrogen-bond donors (Lipinski definition) is 0. The lowest BCUT2D eigenvalue weighted by Gasteiger charge is -2.29. The van der Waals surface area contributed by atoms with Crippen LogP contribution in [0.1, 0.15) is 39.0 Å². The largest absolute Gasteiger partial charge is 0.486 e. The molecule has 4 aromatic rings. The molecule has 0 N–H and O–H groups in total. The molecule has 5 heterocycles. The summed E-state index contributed by atoms with van der Waals surface area (Å²) in [6.07, 6.45) is 1.15. The third-order valence-corrected chi connectivity index (χ3v) is 6.61. The number of halogens is 3. The lowest BCUT2D eigenvalue weighted by atomic mass is 10.1. The first kappa shape index (κ1) is 25.0. The topological polar surface area (TPSA) is 71.7 Å². The third kappa shape index (κ3) is 5.26. The van der Waals surface area contributed by atoms with Crippen molar-refractivity contribution in [2.45, 2.75) is 45.2 Å². The van der Waals surface area contributed by atoms with Crippen LogP contribution >= 0.6 is 0 Å². The van der Waals surface area contributed by atoms with Gasteiger partial charge in [-0.2, -0.15) is 22.8 Å². The van der Waals surface area contributed by atoms with E-state index in [0.29, 0.717) is 18.1 Å². The van der Waals surface area contributed by atoms with Gasteiger partial charge in [-0.3, -0.25) is 0 Å². The van der Waals surface area contributed by atoms with Gasteiger partial charge in [-0.25, -0.2) is 4.98 Å². The maximum absolute atomic E-state index is 11.1. The molecule has 1 fully saturated rings. The Kier molecular flexibility index (Phi) is 7.03. The van der Waals surface area contributed by atoms with E-state index in [4.69, 9.17) is 9.72 Å². The number of pyridine rings is 1. The van der Waals surface area contributed by atoms with Crippen molar-refractivity contribution in [1.29, 1.82) is 0 Å². The van der Waals surface area contributed by atoms with Gasteiger partial charge in [0.05, 0.1) is 23.9 Å². The van der Waals surface area contributed by atoms with Gasteiger partial charge >= 0.3 is 6.18 Å². The van der Waals surface area contributed by atoms with Crippen LogP contribution in [0.2, 0.25) is 0 Å². The van der Waals surface area contributed by atoms with Gasteiger partial charge in [0, 0.05) is 31.9 Å². The number of hydrogen-bond acceptors (Lipinski definition) is 7. The van der Waals surface area contributed by atoms with Gasteiger partial charge in [0.15, 0.2) is 5.75 Å². The van der Waals surface area contributed by atoms with Crippen molar-refractivity contribution in [3.05, 3.63) is 36.5 Å². The average Bonchev–Trinajstić information content (AvgIpc) is 3.33. The molecule has 11 heteroatoms. The van der Waals surface area contributed by atoms with Crippen molar-refractivity contribution in [3.8, 4) is 17.3 Å². The van der Waals surface area contributed by atoms with Gasteiger partial charge in [-0.15, -0.1) is 10.2 Å². The van der Waals surface area contributed by atoms with Gasteiger partial charge in [-0.05, 0) is 37.8 Å². The number of para-hydroxylation sites is 1. The van der Waals surface area contributed by atoms with E-state index < -0.39 is 12.6 Å². The first-order valence-corrected chi connectivity index (χ1v) is 12.7. The Bertz CT molecular complexity index is 1380. The molecule has 6 rings (SSSR count). The quantitative estimate of drug-likeness (QED) is 0.358. The van der Waals surface area contributed by atoms with Gasteiger partial charge in [0.25, 0.3) is 0 Å². The summed E-state index contributed by atoms with van der Waals surface area (Å²) in [5.74, 6) is 1.35. The summed E-state index contributed by atoms with van der Waals surface area (Å²) in [7, 11) is 2.03. The zero-order valence-electron chi connectivity index (χ0n) is 21.0. The van der Waals surface area contributed by atoms with Crippen molar-refractivity contribution in [2.75, 3.05) is 43.1 Å². The molecule has 2 aliphatic heterocycles. The number of nitrogens with zero attached hydrogens (tertiary/aromatic N) is 7. The highest BCUT2D eigenvalue weighted by molar-refractivity contribution is 5.92. The predicted molar refractivity (Wildman–Crippen MR) is 137 cm³/mol. The van der Waals surface area contributed by atoms with E-state index in [2.05, 4.69) is 49.4 Å². The van der Waals surface area contributed by atoms with E-state index >= 15 is 0 Å². The minimum atomic E-state index is -3.95. The fraction of sp³-hybridized carbons (Fsp3) is 0.462. The summed E-state index contributed by atoms with van der Waals surface area (Å²) in [5, 5.41) is 14.5. The summed E-state index contributed by atoms with van der Waals surface area (Å²) >= 11 is 0. The number of benzene rings is 1. The minimum absolute atomic E-state index is 0.184. The van der Waals surface area contributed by atoms with E-state index in [-0.39, 0.29) is 6.42 Å². The van der Waals surface area contributed by atoms with E-state index in [1.807, 2.05) is 19.3 Å². The normalized spacial score (nSPS) is 15.8. The Labute approximate surface area is 213 Å². The number of ether oxygens (including phenoxy) is 1. The molecule has 37 heavy (non-hydrogen) atoms. The minimum Gasteiger partial charge on any atom is -0.486 e. The van der Waals surface area contributed by atoms with E-state index in [1.165, 1.54) is 31.9 Å². The molecule has 1 saturated heterocycles. The number of aromatic nitrogens is 5. The van der Waals surface area contributed by atoms with Crippen molar-refractivity contribution in [2.24, 2.45) is 0 Å². The van der Waals surface area contributed by atoms with Crippen LogP contribution < -0.4 is 14.5 Å². The van der Waals surface area contributed by atoms with Gasteiger partial charge < -0.3 is 14.5 Å². The van der Waals surface area contributed by atoms with Gasteiger partial charge in [-0.1, -0.05) is 25.1 Å². The van der Waals surface area contributed by atoms with Crippen LogP contribution in [0.4, 0.5) is 24.5 Å². The molecule has 0 radical (unpaired) electrons. The highest BCUT2D eigenvalue weighted by atomic mass is 19.4. The third-order valence-electron chi connectivity index (χ3n) is 6.61. The van der Waals surface area contributed by atoms with Crippen molar-refractivity contribution < 1.29 is 17.9 Å². The molecule has 196 valence electrons. The highest BCUT2D eigenvalue weighted by Crippen LogP contribution is 2.35. The van der Waals surface area contributed by atoms with E-state index in [1.54, 1.807) is 4.52 Å². The maximum Gasteiger partial charge on any atom is 0.389 e. The molecular formula is C26H30F3N7O. The Morgan fingerprint density at radius 3 is 2.51 bits per heavy atom. The van der Waals surface area contributed by atoms with Crippen LogP contribution in [0.3, 0.4) is 0 Å². The number of rotatable bonds is 3. The molecule has 8 nitrogen and oxygen atoms in total. The second kappa shape index (κ2) is 10.4. The van der Waals surface area contributed by atoms with Crippen LogP contribution in [-0.4, -0.2) is 64.3 Å². The lowest BCUT2D eigenvalue weighted by molar-refractivity contribution is -0.134. The molecule has 1 aromatic carbocycles. The molecular weight excluding hydrogens is 483 g/mol. The van der Waals surface area contributed by atoms with Crippen LogP contribution in [0, 0.1) is 0 Å². The molecule has 0 unspecified atom stereocenters. The zero-order valence-corrected chi connectivity index (χ0v) is 21.0. The van der Waals surface area contributed by atoms with Crippen LogP contribution in [-0.2, 0) is 0 Å². The van der Waals surface area contributed by atoms with Crippen molar-refractivity contribution in [3.63, 3.8) is 0 Å². The highest BCUT2D eigenvalue weighted by Gasteiger charge is 2.25. The number of anilines is 2. The fourth-order valence-electron chi connectivity index (χ4n) is 4.72. The second-order valence-electron chi connectivity index (χ2n) is 9.35. The van der Waals surface area contributed by atoms with Crippen LogP contribution in [0.15, 0.2) is 36.5 Å². The molecule has 0 bridgehead atoms. The smallest absolute Gasteiger partial charge is 0.389 e. The fourth-order valence-corrected chi connectivity index (χ4v) is 4.72. The van der Waals surface area contributed by atoms with E-state index in [0.717, 1.165) is 47.7 Å². The van der Waals surface area contributed by atoms with Crippen molar-refractivity contribution >= 4 is 27.9 Å². The molecule has 0 atom stereocenters. The summed E-state index contributed by atoms with van der Waals surface area (Å²) in [6, 6.07) is 10.5. The first-order valence-electron chi connectivity index (χ1n) is 12.7. The Morgan fingerprint density at radius 2 is 1.78 bits per heavy atom. The molecule has 0 aliphatic carbocycles. The summed E-state index contributed by atoms with van der Waals surface area (Å²) in [5.41, 5.74) is 4.52.